The monoisotopic (exact) mass is 247 g/mol. The predicted molar refractivity (Wildman–Crippen MR) is 71.4 cm³/mol. The van der Waals surface area contributed by atoms with Crippen molar-refractivity contribution in [2.75, 3.05) is 17.6 Å². The van der Waals surface area contributed by atoms with Crippen molar-refractivity contribution in [3.8, 4) is 17.1 Å². The van der Waals surface area contributed by atoms with Crippen LogP contribution >= 0.6 is 0 Å². The fourth-order valence-electron chi connectivity index (χ4n) is 1.83. The first-order valence-electron chi connectivity index (χ1n) is 5.93. The highest BCUT2D eigenvalue weighted by Crippen LogP contribution is 2.33. The molecule has 0 aliphatic heterocycles. The second kappa shape index (κ2) is 4.95. The summed E-state index contributed by atoms with van der Waals surface area (Å²) in [5.41, 5.74) is 6.62. The Morgan fingerprint density at radius 2 is 2.11 bits per heavy atom. The average Bonchev–Trinajstić information content (AvgIpc) is 2.76. The fraction of sp³-hybridized carbons (Fsp3) is 0.333. The average molecular weight is 247 g/mol. The number of hydrogen-bond donors (Lipinski definition) is 3. The van der Waals surface area contributed by atoms with Gasteiger partial charge in [0.2, 0.25) is 5.95 Å². The molecule has 0 saturated carbocycles. The van der Waals surface area contributed by atoms with Crippen LogP contribution < -0.4 is 11.1 Å². The first kappa shape index (κ1) is 12.2. The zero-order chi connectivity index (χ0) is 13.1. The zero-order valence-electron chi connectivity index (χ0n) is 10.5. The van der Waals surface area contributed by atoms with Crippen LogP contribution in [0.15, 0.2) is 18.2 Å². The molecule has 96 valence electrons. The minimum atomic E-state index is 0.0441. The molecule has 0 atom stereocenters. The molecule has 0 bridgehead atoms. The summed E-state index contributed by atoms with van der Waals surface area (Å²) >= 11 is 0. The predicted octanol–water partition coefficient (Wildman–Crippen LogP) is 1.68. The second-order valence-corrected chi connectivity index (χ2v) is 3.87. The van der Waals surface area contributed by atoms with Crippen molar-refractivity contribution in [2.24, 2.45) is 0 Å². The third kappa shape index (κ3) is 1.97. The van der Waals surface area contributed by atoms with Gasteiger partial charge >= 0.3 is 0 Å². The van der Waals surface area contributed by atoms with Crippen molar-refractivity contribution in [3.63, 3.8) is 0 Å². The molecule has 1 aromatic carbocycles. The number of benzene rings is 1. The maximum Gasteiger partial charge on any atom is 0.224 e. The summed E-state index contributed by atoms with van der Waals surface area (Å²) in [6.07, 6.45) is 0. The van der Waals surface area contributed by atoms with Gasteiger partial charge in [0.25, 0.3) is 0 Å². The normalized spacial score (nSPS) is 10.6. The van der Waals surface area contributed by atoms with Gasteiger partial charge in [-0.05, 0) is 26.0 Å². The number of phenolic OH excluding ortho intramolecular Hbond substituents is 1. The quantitative estimate of drug-likeness (QED) is 0.565. The smallest absolute Gasteiger partial charge is 0.224 e. The maximum absolute atomic E-state index is 9.98. The molecular weight excluding hydrogens is 230 g/mol. The van der Waals surface area contributed by atoms with E-state index in [0.29, 0.717) is 29.6 Å². The topological polar surface area (TPSA) is 89.0 Å². The Bertz CT molecular complexity index is 549. The standard InChI is InChI=1S/C12H17N5O/c1-3-14-12-16-15-11(17(12)4-2)8-6-5-7-9(13)10(8)18/h5-7,18H,3-4,13H2,1-2H3,(H,14,16). The molecule has 0 amide bonds. The van der Waals surface area contributed by atoms with Gasteiger partial charge in [-0.25, -0.2) is 0 Å². The molecule has 0 spiro atoms. The summed E-state index contributed by atoms with van der Waals surface area (Å²) in [4.78, 5) is 0. The Morgan fingerprint density at radius 1 is 1.33 bits per heavy atom. The van der Waals surface area contributed by atoms with Crippen molar-refractivity contribution in [1.29, 1.82) is 0 Å². The van der Waals surface area contributed by atoms with E-state index in [1.165, 1.54) is 0 Å². The number of anilines is 2. The van der Waals surface area contributed by atoms with Gasteiger partial charge in [-0.1, -0.05) is 6.07 Å². The summed E-state index contributed by atoms with van der Waals surface area (Å²) in [5.74, 6) is 1.35. The molecule has 1 heterocycles. The molecule has 0 fully saturated rings. The Labute approximate surface area is 105 Å². The highest BCUT2D eigenvalue weighted by molar-refractivity contribution is 5.73. The van der Waals surface area contributed by atoms with Gasteiger partial charge in [-0.15, -0.1) is 10.2 Å². The summed E-state index contributed by atoms with van der Waals surface area (Å²) in [6.45, 7) is 5.46. The van der Waals surface area contributed by atoms with Gasteiger partial charge in [-0.2, -0.15) is 0 Å². The third-order valence-corrected chi connectivity index (χ3v) is 2.71. The number of nitrogen functional groups attached to an aromatic ring is 1. The lowest BCUT2D eigenvalue weighted by Crippen LogP contribution is -2.07. The van der Waals surface area contributed by atoms with Crippen molar-refractivity contribution in [2.45, 2.75) is 20.4 Å². The molecule has 4 N–H and O–H groups in total. The fourth-order valence-corrected chi connectivity index (χ4v) is 1.83. The minimum Gasteiger partial charge on any atom is -0.505 e. The number of aromatic nitrogens is 3. The van der Waals surface area contributed by atoms with E-state index in [4.69, 9.17) is 5.73 Å². The molecule has 0 saturated heterocycles. The summed E-state index contributed by atoms with van der Waals surface area (Å²) in [6, 6.07) is 5.21. The van der Waals surface area contributed by atoms with E-state index in [9.17, 15) is 5.11 Å². The number of rotatable bonds is 4. The van der Waals surface area contributed by atoms with E-state index in [1.54, 1.807) is 18.2 Å². The van der Waals surface area contributed by atoms with Crippen LogP contribution in [0.4, 0.5) is 11.6 Å². The molecule has 1 aromatic heterocycles. The lowest BCUT2D eigenvalue weighted by atomic mass is 10.1. The zero-order valence-corrected chi connectivity index (χ0v) is 10.5. The van der Waals surface area contributed by atoms with E-state index < -0.39 is 0 Å². The Hall–Kier alpha value is -2.24. The molecule has 6 nitrogen and oxygen atoms in total. The van der Waals surface area contributed by atoms with Crippen LogP contribution in [0, 0.1) is 0 Å². The van der Waals surface area contributed by atoms with Crippen molar-refractivity contribution < 1.29 is 5.11 Å². The van der Waals surface area contributed by atoms with Gasteiger partial charge in [-0.3, -0.25) is 4.57 Å². The van der Waals surface area contributed by atoms with Crippen LogP contribution in [0.3, 0.4) is 0 Å². The molecule has 6 heteroatoms. The van der Waals surface area contributed by atoms with Gasteiger partial charge in [0.05, 0.1) is 11.3 Å². The van der Waals surface area contributed by atoms with Crippen LogP contribution in [0.2, 0.25) is 0 Å². The maximum atomic E-state index is 9.98. The Balaban J connectivity index is 2.53. The molecule has 2 rings (SSSR count). The van der Waals surface area contributed by atoms with Crippen LogP contribution in [0.25, 0.3) is 11.4 Å². The van der Waals surface area contributed by atoms with Crippen molar-refractivity contribution >= 4 is 11.6 Å². The summed E-state index contributed by atoms with van der Waals surface area (Å²) < 4.78 is 1.90. The van der Waals surface area contributed by atoms with Crippen LogP contribution in [-0.4, -0.2) is 26.4 Å². The van der Waals surface area contributed by atoms with Crippen molar-refractivity contribution in [3.05, 3.63) is 18.2 Å². The van der Waals surface area contributed by atoms with Crippen molar-refractivity contribution in [1.82, 2.24) is 14.8 Å². The molecule has 0 aliphatic carbocycles. The number of nitrogens with two attached hydrogens (primary N) is 1. The Kier molecular flexibility index (Phi) is 3.36. The number of nitrogens with zero attached hydrogens (tertiary/aromatic N) is 3. The molecular formula is C12H17N5O. The number of para-hydroxylation sites is 1. The number of phenols is 1. The van der Waals surface area contributed by atoms with Gasteiger partial charge in [0.15, 0.2) is 5.82 Å². The van der Waals surface area contributed by atoms with E-state index >= 15 is 0 Å². The van der Waals surface area contributed by atoms with Gasteiger partial charge in [0.1, 0.15) is 5.75 Å². The molecule has 18 heavy (non-hydrogen) atoms. The van der Waals surface area contributed by atoms with Gasteiger partial charge in [0, 0.05) is 13.1 Å². The van der Waals surface area contributed by atoms with Crippen LogP contribution in [0.1, 0.15) is 13.8 Å². The lowest BCUT2D eigenvalue weighted by molar-refractivity contribution is 0.479. The molecule has 0 unspecified atom stereocenters. The molecule has 0 radical (unpaired) electrons. The number of aromatic hydroxyl groups is 1. The largest absolute Gasteiger partial charge is 0.505 e. The molecule has 2 aromatic rings. The van der Waals surface area contributed by atoms with E-state index in [0.717, 1.165) is 6.54 Å². The third-order valence-electron chi connectivity index (χ3n) is 2.71. The van der Waals surface area contributed by atoms with E-state index in [-0.39, 0.29) is 5.75 Å². The first-order valence-corrected chi connectivity index (χ1v) is 5.93. The second-order valence-electron chi connectivity index (χ2n) is 3.87. The summed E-state index contributed by atoms with van der Waals surface area (Å²) in [7, 11) is 0. The molecule has 0 aliphatic rings. The first-order chi connectivity index (χ1) is 8.69. The minimum absolute atomic E-state index is 0.0441. The van der Waals surface area contributed by atoms with Crippen LogP contribution in [0.5, 0.6) is 5.75 Å². The lowest BCUT2D eigenvalue weighted by Gasteiger charge is -2.09. The number of hydrogen-bond acceptors (Lipinski definition) is 5. The number of nitrogens with one attached hydrogen (secondary N) is 1. The Morgan fingerprint density at radius 3 is 2.78 bits per heavy atom. The van der Waals surface area contributed by atoms with E-state index in [2.05, 4.69) is 15.5 Å². The highest BCUT2D eigenvalue weighted by Gasteiger charge is 2.16. The van der Waals surface area contributed by atoms with E-state index in [1.807, 2.05) is 18.4 Å². The summed E-state index contributed by atoms with van der Waals surface area (Å²) in [5, 5.41) is 21.3. The van der Waals surface area contributed by atoms with Gasteiger partial charge < -0.3 is 16.2 Å². The highest BCUT2D eigenvalue weighted by atomic mass is 16.3. The van der Waals surface area contributed by atoms with Crippen LogP contribution in [-0.2, 0) is 6.54 Å². The SMILES string of the molecule is CCNc1nnc(-c2cccc(N)c2O)n1CC.